The number of ether oxygens (including phenoxy) is 3. The van der Waals surface area contributed by atoms with Crippen molar-refractivity contribution in [1.29, 1.82) is 0 Å². The third kappa shape index (κ3) is 7.36. The molecular formula is C16H21FO8S. The zero-order chi connectivity index (χ0) is 20.1. The average molecular weight is 392 g/mol. The predicted octanol–water partition coefficient (Wildman–Crippen LogP) is 2.23. The minimum atomic E-state index is -5.29. The largest absolute Gasteiger partial charge is 0.488 e. The molecular weight excluding hydrogens is 371 g/mol. The lowest BCUT2D eigenvalue weighted by molar-refractivity contribution is -0.160. The van der Waals surface area contributed by atoms with Crippen LogP contribution < -0.4 is 4.18 Å². The van der Waals surface area contributed by atoms with Gasteiger partial charge in [0.05, 0.1) is 19.3 Å². The third-order valence-electron chi connectivity index (χ3n) is 2.98. The van der Waals surface area contributed by atoms with Crippen LogP contribution in [0.3, 0.4) is 0 Å². The van der Waals surface area contributed by atoms with Crippen LogP contribution in [0, 0.1) is 6.92 Å². The Labute approximate surface area is 151 Å². The summed E-state index contributed by atoms with van der Waals surface area (Å²) < 4.78 is 53.5. The summed E-state index contributed by atoms with van der Waals surface area (Å²) in [6.07, 6.45) is 0. The number of halogens is 1. The molecule has 1 rings (SSSR count). The van der Waals surface area contributed by atoms with Crippen LogP contribution in [0.2, 0.25) is 0 Å². The fourth-order valence-corrected chi connectivity index (χ4v) is 2.33. The van der Waals surface area contributed by atoms with Crippen molar-refractivity contribution in [2.24, 2.45) is 0 Å². The first kappa shape index (κ1) is 21.8. The van der Waals surface area contributed by atoms with E-state index in [0.29, 0.717) is 5.56 Å². The van der Waals surface area contributed by atoms with E-state index >= 15 is 0 Å². The van der Waals surface area contributed by atoms with Crippen LogP contribution in [0.25, 0.3) is 0 Å². The Morgan fingerprint density at radius 2 is 1.81 bits per heavy atom. The number of hydrogen-bond acceptors (Lipinski definition) is 8. The molecule has 10 heteroatoms. The predicted molar refractivity (Wildman–Crippen MR) is 88.7 cm³/mol. The molecule has 0 unspecified atom stereocenters. The van der Waals surface area contributed by atoms with Gasteiger partial charge in [0.15, 0.2) is 0 Å². The molecule has 0 heterocycles. The van der Waals surface area contributed by atoms with Crippen molar-refractivity contribution in [3.8, 4) is 5.75 Å². The van der Waals surface area contributed by atoms with Gasteiger partial charge in [-0.15, -0.1) is 0 Å². The van der Waals surface area contributed by atoms with E-state index in [9.17, 15) is 21.9 Å². The molecule has 0 spiro atoms. The third-order valence-corrected chi connectivity index (χ3v) is 3.35. The number of esters is 2. The number of carbonyl (C=O) groups excluding carboxylic acids is 2. The van der Waals surface area contributed by atoms with Gasteiger partial charge in [-0.3, -0.25) is 0 Å². The van der Waals surface area contributed by atoms with Crippen molar-refractivity contribution in [2.45, 2.75) is 39.9 Å². The molecule has 0 aliphatic rings. The van der Waals surface area contributed by atoms with Gasteiger partial charge in [-0.25, -0.2) is 9.59 Å². The Kier molecular flexibility index (Phi) is 7.10. The second-order valence-corrected chi connectivity index (χ2v) is 7.26. The Bertz CT molecular complexity index is 780. The summed E-state index contributed by atoms with van der Waals surface area (Å²) in [5, 5.41) is 0. The molecule has 0 N–H and O–H groups in total. The maximum atomic E-state index is 12.9. The fraction of sp³-hybridized carbons (Fsp3) is 0.500. The number of hydrogen-bond donors (Lipinski definition) is 0. The standard InChI is InChI=1S/C16H21FO8S/c1-10-12(8-23-9-14(18)24-16(2,3)4)6-11(15(19)22-5)7-13(10)25-26(17,20)21/h6-7H,8-9H2,1-5H3. The molecule has 8 nitrogen and oxygen atoms in total. The average Bonchev–Trinajstić information content (AvgIpc) is 2.46. The van der Waals surface area contributed by atoms with Crippen LogP contribution in [0.4, 0.5) is 3.89 Å². The minimum Gasteiger partial charge on any atom is -0.465 e. The molecule has 0 fully saturated rings. The molecule has 1 aromatic carbocycles. The van der Waals surface area contributed by atoms with Crippen LogP contribution in [0.15, 0.2) is 12.1 Å². The van der Waals surface area contributed by atoms with Gasteiger partial charge in [0.2, 0.25) is 0 Å². The first-order chi connectivity index (χ1) is 11.8. The van der Waals surface area contributed by atoms with Gasteiger partial charge in [0.25, 0.3) is 0 Å². The lowest BCUT2D eigenvalue weighted by Crippen LogP contribution is -2.26. The minimum absolute atomic E-state index is 0.0624. The van der Waals surface area contributed by atoms with Gasteiger partial charge in [0.1, 0.15) is 18.0 Å². The van der Waals surface area contributed by atoms with Crippen LogP contribution >= 0.6 is 0 Å². The highest BCUT2D eigenvalue weighted by Crippen LogP contribution is 2.27. The normalized spacial score (nSPS) is 11.8. The molecule has 0 aliphatic carbocycles. The van der Waals surface area contributed by atoms with E-state index < -0.39 is 28.0 Å². The second kappa shape index (κ2) is 8.45. The first-order valence-electron chi connectivity index (χ1n) is 7.48. The van der Waals surface area contributed by atoms with Gasteiger partial charge in [0, 0.05) is 0 Å². The summed E-state index contributed by atoms with van der Waals surface area (Å²) in [5.41, 5.74) is -0.191. The lowest BCUT2D eigenvalue weighted by Gasteiger charge is -2.19. The number of rotatable bonds is 7. The highest BCUT2D eigenvalue weighted by atomic mass is 32.3. The number of methoxy groups -OCH3 is 1. The molecule has 0 aromatic heterocycles. The molecule has 146 valence electrons. The van der Waals surface area contributed by atoms with Gasteiger partial charge < -0.3 is 18.4 Å². The van der Waals surface area contributed by atoms with E-state index in [1.54, 1.807) is 20.8 Å². The lowest BCUT2D eigenvalue weighted by atomic mass is 10.0. The fourth-order valence-electron chi connectivity index (χ4n) is 1.94. The van der Waals surface area contributed by atoms with Gasteiger partial charge in [-0.05, 0) is 51.0 Å². The molecule has 1 aromatic rings. The second-order valence-electron chi connectivity index (χ2n) is 6.31. The smallest absolute Gasteiger partial charge is 0.465 e. The monoisotopic (exact) mass is 392 g/mol. The van der Waals surface area contributed by atoms with E-state index in [0.717, 1.165) is 13.2 Å². The van der Waals surface area contributed by atoms with E-state index in [2.05, 4.69) is 8.92 Å². The highest BCUT2D eigenvalue weighted by molar-refractivity contribution is 7.81. The number of carbonyl (C=O) groups is 2. The van der Waals surface area contributed by atoms with Gasteiger partial charge >= 0.3 is 22.4 Å². The summed E-state index contributed by atoms with van der Waals surface area (Å²) in [5.74, 6) is -1.76. The van der Waals surface area contributed by atoms with Crippen molar-refractivity contribution in [1.82, 2.24) is 0 Å². The molecule has 0 aliphatic heterocycles. The Hall–Kier alpha value is -2.20. The molecule has 0 atom stereocenters. The number of benzene rings is 1. The Balaban J connectivity index is 3.00. The summed E-state index contributed by atoms with van der Waals surface area (Å²) in [6, 6.07) is 2.41. The molecule has 0 radical (unpaired) electrons. The van der Waals surface area contributed by atoms with Crippen molar-refractivity contribution < 1.29 is 40.3 Å². The quantitative estimate of drug-likeness (QED) is 0.514. The van der Waals surface area contributed by atoms with Crippen molar-refractivity contribution in [2.75, 3.05) is 13.7 Å². The van der Waals surface area contributed by atoms with Crippen molar-refractivity contribution in [3.05, 3.63) is 28.8 Å². The zero-order valence-corrected chi connectivity index (χ0v) is 15.9. The van der Waals surface area contributed by atoms with Crippen molar-refractivity contribution >= 4 is 22.4 Å². The van der Waals surface area contributed by atoms with Gasteiger partial charge in [-0.1, -0.05) is 3.89 Å². The maximum Gasteiger partial charge on any atom is 0.488 e. The summed E-state index contributed by atoms with van der Waals surface area (Å²) >= 11 is 0. The maximum absolute atomic E-state index is 12.9. The zero-order valence-electron chi connectivity index (χ0n) is 15.1. The van der Waals surface area contributed by atoms with E-state index in [4.69, 9.17) is 9.47 Å². The summed E-state index contributed by atoms with van der Waals surface area (Å²) in [6.45, 7) is 6.03. The van der Waals surface area contributed by atoms with Crippen LogP contribution in [-0.2, 0) is 36.1 Å². The highest BCUT2D eigenvalue weighted by Gasteiger charge is 2.20. The topological polar surface area (TPSA) is 105 Å². The summed E-state index contributed by atoms with van der Waals surface area (Å²) in [4.78, 5) is 23.3. The summed E-state index contributed by atoms with van der Waals surface area (Å²) in [7, 11) is -4.15. The SMILES string of the molecule is COC(=O)c1cc(COCC(=O)OC(C)(C)C)c(C)c(OS(=O)(=O)F)c1. The molecule has 0 amide bonds. The van der Waals surface area contributed by atoms with Crippen LogP contribution in [-0.4, -0.2) is 39.7 Å². The van der Waals surface area contributed by atoms with Crippen LogP contribution in [0.1, 0.15) is 42.3 Å². The van der Waals surface area contributed by atoms with E-state index in [1.165, 1.54) is 13.0 Å². The Morgan fingerprint density at radius 3 is 2.31 bits per heavy atom. The van der Waals surface area contributed by atoms with E-state index in [-0.39, 0.29) is 30.1 Å². The van der Waals surface area contributed by atoms with E-state index in [1.807, 2.05) is 0 Å². The van der Waals surface area contributed by atoms with Crippen molar-refractivity contribution in [3.63, 3.8) is 0 Å². The Morgan fingerprint density at radius 1 is 1.19 bits per heavy atom. The molecule has 0 saturated carbocycles. The molecule has 26 heavy (non-hydrogen) atoms. The molecule has 0 saturated heterocycles. The van der Waals surface area contributed by atoms with Crippen LogP contribution in [0.5, 0.6) is 5.75 Å². The first-order valence-corrected chi connectivity index (χ1v) is 8.79. The molecule has 0 bridgehead atoms. The van der Waals surface area contributed by atoms with Gasteiger partial charge in [-0.2, -0.15) is 8.42 Å².